The number of hydrogen-bond acceptors (Lipinski definition) is 3. The van der Waals surface area contributed by atoms with Gasteiger partial charge in [-0.2, -0.15) is 13.2 Å². The lowest BCUT2D eigenvalue weighted by Crippen LogP contribution is -2.06. The van der Waals surface area contributed by atoms with Gasteiger partial charge in [0.1, 0.15) is 10.8 Å². The SMILES string of the molecule is O=[N+]([O-])c1cccc(-c2nc(Cl)c(C(F)(F)F)[nH]2)c1Cl. The van der Waals surface area contributed by atoms with E-state index in [2.05, 4.69) is 4.98 Å². The molecule has 0 radical (unpaired) electrons. The summed E-state index contributed by atoms with van der Waals surface area (Å²) in [5.41, 5.74) is -1.72. The predicted molar refractivity (Wildman–Crippen MR) is 65.7 cm³/mol. The molecule has 0 aliphatic carbocycles. The van der Waals surface area contributed by atoms with Crippen LogP contribution in [0.25, 0.3) is 11.4 Å². The van der Waals surface area contributed by atoms with Gasteiger partial charge >= 0.3 is 6.18 Å². The standard InChI is InChI=1S/C10H4Cl2F3N3O2/c11-6-4(2-1-3-5(6)18(19)20)9-16-7(8(12)17-9)10(13,14)15/h1-3H,(H,16,17). The minimum Gasteiger partial charge on any atom is -0.333 e. The van der Waals surface area contributed by atoms with Crippen LogP contribution in [0.2, 0.25) is 10.2 Å². The summed E-state index contributed by atoms with van der Waals surface area (Å²) in [6.45, 7) is 0. The fourth-order valence-corrected chi connectivity index (χ4v) is 2.03. The van der Waals surface area contributed by atoms with Crippen LogP contribution in [0.3, 0.4) is 0 Å². The highest BCUT2D eigenvalue weighted by Gasteiger charge is 2.37. The number of imidazole rings is 1. The van der Waals surface area contributed by atoms with Gasteiger partial charge < -0.3 is 4.98 Å². The van der Waals surface area contributed by atoms with Crippen LogP contribution in [0.15, 0.2) is 18.2 Å². The molecule has 1 N–H and O–H groups in total. The van der Waals surface area contributed by atoms with Crippen molar-refractivity contribution < 1.29 is 18.1 Å². The van der Waals surface area contributed by atoms with Gasteiger partial charge in [-0.05, 0) is 6.07 Å². The van der Waals surface area contributed by atoms with E-state index >= 15 is 0 Å². The Morgan fingerprint density at radius 3 is 2.45 bits per heavy atom. The van der Waals surface area contributed by atoms with E-state index in [4.69, 9.17) is 23.2 Å². The highest BCUT2D eigenvalue weighted by atomic mass is 35.5. The van der Waals surface area contributed by atoms with E-state index in [9.17, 15) is 23.3 Å². The molecule has 106 valence electrons. The molecule has 0 spiro atoms. The first-order chi connectivity index (χ1) is 9.21. The van der Waals surface area contributed by atoms with Gasteiger partial charge in [0.25, 0.3) is 5.69 Å². The summed E-state index contributed by atoms with van der Waals surface area (Å²) < 4.78 is 37.8. The summed E-state index contributed by atoms with van der Waals surface area (Å²) >= 11 is 11.2. The van der Waals surface area contributed by atoms with Crippen LogP contribution in [0, 0.1) is 10.1 Å². The van der Waals surface area contributed by atoms with Crippen molar-refractivity contribution >= 4 is 28.9 Å². The smallest absolute Gasteiger partial charge is 0.333 e. The predicted octanol–water partition coefficient (Wildman–Crippen LogP) is 4.31. The number of H-pyrrole nitrogens is 1. The van der Waals surface area contributed by atoms with Crippen molar-refractivity contribution in [3.8, 4) is 11.4 Å². The number of hydrogen-bond donors (Lipinski definition) is 1. The molecule has 1 aromatic carbocycles. The van der Waals surface area contributed by atoms with Crippen molar-refractivity contribution in [3.05, 3.63) is 44.2 Å². The van der Waals surface area contributed by atoms with Crippen molar-refractivity contribution in [1.29, 1.82) is 0 Å². The van der Waals surface area contributed by atoms with Crippen molar-refractivity contribution in [3.63, 3.8) is 0 Å². The molecule has 0 saturated heterocycles. The maximum atomic E-state index is 12.6. The second-order valence-corrected chi connectivity index (χ2v) is 4.38. The van der Waals surface area contributed by atoms with Crippen molar-refractivity contribution in [2.24, 2.45) is 0 Å². The van der Waals surface area contributed by atoms with Gasteiger partial charge in [0, 0.05) is 11.6 Å². The van der Waals surface area contributed by atoms with Crippen molar-refractivity contribution in [1.82, 2.24) is 9.97 Å². The fraction of sp³-hybridized carbons (Fsp3) is 0.100. The van der Waals surface area contributed by atoms with Crippen LogP contribution < -0.4 is 0 Å². The minimum absolute atomic E-state index is 0.0433. The van der Waals surface area contributed by atoms with Crippen molar-refractivity contribution in [2.75, 3.05) is 0 Å². The van der Waals surface area contributed by atoms with Crippen molar-refractivity contribution in [2.45, 2.75) is 6.18 Å². The van der Waals surface area contributed by atoms with E-state index in [0.717, 1.165) is 6.07 Å². The van der Waals surface area contributed by atoms with E-state index in [1.54, 1.807) is 0 Å². The van der Waals surface area contributed by atoms with Gasteiger partial charge in [-0.1, -0.05) is 29.3 Å². The number of halogens is 5. The molecule has 0 unspecified atom stereocenters. The second-order valence-electron chi connectivity index (χ2n) is 3.64. The Kier molecular flexibility index (Phi) is 3.61. The Hall–Kier alpha value is -1.80. The van der Waals surface area contributed by atoms with Gasteiger partial charge in [-0.25, -0.2) is 4.98 Å². The largest absolute Gasteiger partial charge is 0.434 e. The van der Waals surface area contributed by atoms with Gasteiger partial charge in [0.15, 0.2) is 10.8 Å². The van der Waals surface area contributed by atoms with Gasteiger partial charge in [0.2, 0.25) is 0 Å². The molecule has 20 heavy (non-hydrogen) atoms. The molecule has 1 heterocycles. The number of alkyl halides is 3. The molecule has 1 aromatic heterocycles. The molecular weight excluding hydrogens is 322 g/mol. The molecule has 0 amide bonds. The molecule has 0 bridgehead atoms. The molecule has 0 fully saturated rings. The van der Waals surface area contributed by atoms with E-state index in [1.165, 1.54) is 12.1 Å². The van der Waals surface area contributed by atoms with Crippen LogP contribution >= 0.6 is 23.2 Å². The number of nitrogens with one attached hydrogen (secondary N) is 1. The summed E-state index contributed by atoms with van der Waals surface area (Å²) in [6.07, 6.45) is -4.71. The lowest BCUT2D eigenvalue weighted by Gasteiger charge is -2.03. The van der Waals surface area contributed by atoms with E-state index in [1.807, 2.05) is 4.98 Å². The maximum absolute atomic E-state index is 12.6. The average Bonchev–Trinajstić information content (AvgIpc) is 2.70. The normalized spacial score (nSPS) is 11.7. The summed E-state index contributed by atoms with van der Waals surface area (Å²) in [5.74, 6) is -0.295. The minimum atomic E-state index is -4.71. The number of rotatable bonds is 2. The maximum Gasteiger partial charge on any atom is 0.434 e. The number of nitro groups is 1. The topological polar surface area (TPSA) is 71.8 Å². The van der Waals surface area contributed by atoms with Crippen LogP contribution in [-0.2, 0) is 6.18 Å². The Morgan fingerprint density at radius 2 is 1.95 bits per heavy atom. The molecule has 10 heteroatoms. The highest BCUT2D eigenvalue weighted by molar-refractivity contribution is 6.35. The first kappa shape index (κ1) is 14.6. The number of aromatic nitrogens is 2. The zero-order valence-corrected chi connectivity index (χ0v) is 10.8. The Bertz CT molecular complexity index is 685. The third-order valence-electron chi connectivity index (χ3n) is 2.37. The van der Waals surface area contributed by atoms with E-state index in [-0.39, 0.29) is 16.4 Å². The Labute approximate surface area is 119 Å². The van der Waals surface area contributed by atoms with Gasteiger partial charge in [0.05, 0.1) is 4.92 Å². The molecule has 0 aliphatic heterocycles. The summed E-state index contributed by atoms with van der Waals surface area (Å²) in [4.78, 5) is 15.4. The molecule has 0 aliphatic rings. The first-order valence-corrected chi connectivity index (χ1v) is 5.73. The number of benzene rings is 1. The summed E-state index contributed by atoms with van der Waals surface area (Å²) in [5, 5.41) is 9.62. The quantitative estimate of drug-likeness (QED) is 0.660. The molecular formula is C10H4Cl2F3N3O2. The van der Waals surface area contributed by atoms with Crippen LogP contribution in [-0.4, -0.2) is 14.9 Å². The lowest BCUT2D eigenvalue weighted by atomic mass is 10.2. The summed E-state index contributed by atoms with van der Waals surface area (Å²) in [6, 6.07) is 3.70. The molecule has 2 rings (SSSR count). The molecule has 0 atom stereocenters. The number of aromatic amines is 1. The number of nitrogens with zero attached hydrogens (tertiary/aromatic N) is 2. The highest BCUT2D eigenvalue weighted by Crippen LogP contribution is 2.38. The second kappa shape index (κ2) is 4.95. The lowest BCUT2D eigenvalue weighted by molar-refractivity contribution is -0.384. The Balaban J connectivity index is 2.59. The average molecular weight is 326 g/mol. The third-order valence-corrected chi connectivity index (χ3v) is 3.04. The first-order valence-electron chi connectivity index (χ1n) is 4.97. The molecule has 5 nitrogen and oxygen atoms in total. The third kappa shape index (κ3) is 2.56. The van der Waals surface area contributed by atoms with E-state index < -0.39 is 27.6 Å². The Morgan fingerprint density at radius 1 is 1.30 bits per heavy atom. The van der Waals surface area contributed by atoms with Gasteiger partial charge in [-0.3, -0.25) is 10.1 Å². The molecule has 0 saturated carbocycles. The number of nitro benzene ring substituents is 1. The fourth-order valence-electron chi connectivity index (χ4n) is 1.51. The van der Waals surface area contributed by atoms with Gasteiger partial charge in [-0.15, -0.1) is 0 Å². The van der Waals surface area contributed by atoms with Crippen LogP contribution in [0.4, 0.5) is 18.9 Å². The van der Waals surface area contributed by atoms with Crippen LogP contribution in [0.1, 0.15) is 5.69 Å². The van der Waals surface area contributed by atoms with E-state index in [0.29, 0.717) is 0 Å². The molecule has 2 aromatic rings. The van der Waals surface area contributed by atoms with Crippen LogP contribution in [0.5, 0.6) is 0 Å². The zero-order valence-electron chi connectivity index (χ0n) is 9.33. The summed E-state index contributed by atoms with van der Waals surface area (Å²) in [7, 11) is 0. The monoisotopic (exact) mass is 325 g/mol. The zero-order chi connectivity index (χ0) is 15.1.